The maximum absolute atomic E-state index is 14.0. The molecule has 1 aliphatic rings. The first-order chi connectivity index (χ1) is 22.4. The third-order valence-corrected chi connectivity index (χ3v) is 9.54. The van der Waals surface area contributed by atoms with Crippen LogP contribution in [0.1, 0.15) is 22.8 Å². The summed E-state index contributed by atoms with van der Waals surface area (Å²) in [6, 6.07) is 38.8. The van der Waals surface area contributed by atoms with Gasteiger partial charge in [-0.1, -0.05) is 84.0 Å². The van der Waals surface area contributed by atoms with Crippen LogP contribution in [0.25, 0.3) is 6.08 Å². The van der Waals surface area contributed by atoms with Crippen LogP contribution >= 0.6 is 35.1 Å². The number of hydrogen-bond donors (Lipinski definition) is 2. The number of halogens is 1. The summed E-state index contributed by atoms with van der Waals surface area (Å²) in [6.07, 6.45) is 1.58. The van der Waals surface area contributed by atoms with E-state index in [1.807, 2.05) is 79.7 Å². The van der Waals surface area contributed by atoms with Crippen LogP contribution < -0.4 is 15.5 Å². The number of hydrogen-bond acceptors (Lipinski definition) is 5. The molecular weight excluding hydrogens is 634 g/mol. The molecular formula is C37H28ClN3O3S2. The maximum Gasteiger partial charge on any atom is 0.272 e. The molecule has 1 aliphatic heterocycles. The number of nitrogens with zero attached hydrogens (tertiary/aromatic N) is 1. The molecule has 1 atom stereocenters. The molecule has 46 heavy (non-hydrogen) atoms. The summed E-state index contributed by atoms with van der Waals surface area (Å²) in [5.41, 5.74) is 3.37. The Labute approximate surface area is 280 Å². The second kappa shape index (κ2) is 14.1. The van der Waals surface area contributed by atoms with Crippen LogP contribution in [0.3, 0.4) is 0 Å². The largest absolute Gasteiger partial charge is 0.321 e. The van der Waals surface area contributed by atoms with Gasteiger partial charge in [-0.3, -0.25) is 19.3 Å². The van der Waals surface area contributed by atoms with Crippen molar-refractivity contribution in [2.45, 2.75) is 26.9 Å². The molecule has 0 fully saturated rings. The van der Waals surface area contributed by atoms with Crippen molar-refractivity contribution in [2.75, 3.05) is 10.2 Å². The molecule has 2 N–H and O–H groups in total. The van der Waals surface area contributed by atoms with E-state index in [2.05, 4.69) is 10.6 Å². The first-order valence-electron chi connectivity index (χ1n) is 14.5. The van der Waals surface area contributed by atoms with Gasteiger partial charge in [-0.15, -0.1) is 11.8 Å². The van der Waals surface area contributed by atoms with E-state index in [1.54, 1.807) is 77.3 Å². The molecule has 228 valence electrons. The molecule has 6 nitrogen and oxygen atoms in total. The van der Waals surface area contributed by atoms with Crippen LogP contribution in [0.5, 0.6) is 0 Å². The molecule has 3 amide bonds. The lowest BCUT2D eigenvalue weighted by atomic mass is 10.1. The minimum atomic E-state index is -0.505. The van der Waals surface area contributed by atoms with Gasteiger partial charge in [0.2, 0.25) is 5.91 Å². The van der Waals surface area contributed by atoms with E-state index in [4.69, 9.17) is 11.6 Å². The van der Waals surface area contributed by atoms with Gasteiger partial charge in [0.15, 0.2) is 0 Å². The van der Waals surface area contributed by atoms with Gasteiger partial charge in [0.1, 0.15) is 5.70 Å². The summed E-state index contributed by atoms with van der Waals surface area (Å²) in [4.78, 5) is 45.2. The second-order valence-corrected chi connectivity index (χ2v) is 13.3. The molecule has 0 aromatic heterocycles. The van der Waals surface area contributed by atoms with Crippen molar-refractivity contribution in [3.8, 4) is 0 Å². The first kappa shape index (κ1) is 31.2. The number of para-hydroxylation sites is 2. The average Bonchev–Trinajstić information content (AvgIpc) is 3.07. The quantitative estimate of drug-likeness (QED) is 0.128. The average molecular weight is 662 g/mol. The number of rotatable bonds is 8. The van der Waals surface area contributed by atoms with E-state index in [1.165, 1.54) is 11.8 Å². The van der Waals surface area contributed by atoms with Crippen LogP contribution in [0.15, 0.2) is 148 Å². The number of nitrogens with one attached hydrogen (secondary N) is 2. The standard InChI is InChI=1S/C37H28ClN3O3S2/c1-24(37(44)41-31-17-5-7-19-33(31)46-34-20-8-6-18-32(34)41)45-29-16-10-15-28(23-29)39-36(43)30(22-25-11-9-14-27(38)21-25)40-35(42)26-12-3-2-4-13-26/h2-24H,1H3,(H,39,43)(H,40,42)/b30-22-. The molecule has 6 rings (SSSR count). The zero-order chi connectivity index (χ0) is 32.0. The zero-order valence-corrected chi connectivity index (χ0v) is 27.0. The molecule has 5 aromatic rings. The molecule has 0 aliphatic carbocycles. The summed E-state index contributed by atoms with van der Waals surface area (Å²) in [6.45, 7) is 1.89. The lowest BCUT2D eigenvalue weighted by Gasteiger charge is -2.32. The monoisotopic (exact) mass is 661 g/mol. The van der Waals surface area contributed by atoms with Crippen molar-refractivity contribution in [1.29, 1.82) is 0 Å². The number of anilines is 3. The highest BCUT2D eigenvalue weighted by Crippen LogP contribution is 2.48. The van der Waals surface area contributed by atoms with Crippen molar-refractivity contribution in [2.24, 2.45) is 0 Å². The van der Waals surface area contributed by atoms with Gasteiger partial charge >= 0.3 is 0 Å². The molecule has 0 radical (unpaired) electrons. The van der Waals surface area contributed by atoms with E-state index >= 15 is 0 Å². The summed E-state index contributed by atoms with van der Waals surface area (Å²) in [5.74, 6) is -0.968. The normalized spacial score (nSPS) is 12.8. The molecule has 1 heterocycles. The number of benzene rings is 5. The highest BCUT2D eigenvalue weighted by atomic mass is 35.5. The number of amides is 3. The predicted molar refractivity (Wildman–Crippen MR) is 188 cm³/mol. The molecule has 0 bridgehead atoms. The molecule has 0 spiro atoms. The van der Waals surface area contributed by atoms with Crippen LogP contribution in [0, 0.1) is 0 Å². The summed E-state index contributed by atoms with van der Waals surface area (Å²) in [5, 5.41) is 5.72. The summed E-state index contributed by atoms with van der Waals surface area (Å²) in [7, 11) is 0. The second-order valence-electron chi connectivity index (χ2n) is 10.4. The highest BCUT2D eigenvalue weighted by Gasteiger charge is 2.31. The number of fused-ring (bicyclic) bond motifs is 2. The zero-order valence-electron chi connectivity index (χ0n) is 24.6. The number of carbonyl (C=O) groups is 3. The molecule has 0 saturated heterocycles. The lowest BCUT2D eigenvalue weighted by molar-refractivity contribution is -0.117. The smallest absolute Gasteiger partial charge is 0.272 e. The predicted octanol–water partition coefficient (Wildman–Crippen LogP) is 9.06. The fraction of sp³-hybridized carbons (Fsp3) is 0.0541. The van der Waals surface area contributed by atoms with Crippen molar-refractivity contribution >= 4 is 76.0 Å². The van der Waals surface area contributed by atoms with Crippen molar-refractivity contribution in [3.05, 3.63) is 149 Å². The maximum atomic E-state index is 14.0. The Bertz CT molecular complexity index is 1920. The van der Waals surface area contributed by atoms with Crippen LogP contribution in [-0.4, -0.2) is 23.0 Å². The summed E-state index contributed by atoms with van der Waals surface area (Å²) >= 11 is 9.23. The minimum absolute atomic E-state index is 0.0463. The Morgan fingerprint density at radius 2 is 1.43 bits per heavy atom. The van der Waals surface area contributed by atoms with Gasteiger partial charge in [-0.25, -0.2) is 0 Å². The summed E-state index contributed by atoms with van der Waals surface area (Å²) < 4.78 is 0. The van der Waals surface area contributed by atoms with Crippen molar-refractivity contribution < 1.29 is 14.4 Å². The van der Waals surface area contributed by atoms with Crippen molar-refractivity contribution in [3.63, 3.8) is 0 Å². The van der Waals surface area contributed by atoms with Crippen LogP contribution in [0.4, 0.5) is 17.1 Å². The van der Waals surface area contributed by atoms with E-state index in [0.717, 1.165) is 26.1 Å². The molecule has 5 aromatic carbocycles. The van der Waals surface area contributed by atoms with E-state index < -0.39 is 17.1 Å². The fourth-order valence-corrected chi connectivity index (χ4v) is 7.15. The van der Waals surface area contributed by atoms with Gasteiger partial charge in [0.05, 0.1) is 16.6 Å². The van der Waals surface area contributed by atoms with Gasteiger partial charge in [-0.2, -0.15) is 0 Å². The first-order valence-corrected chi connectivity index (χ1v) is 16.5. The Kier molecular flexibility index (Phi) is 9.59. The Hall–Kier alpha value is -4.76. The number of carbonyl (C=O) groups excluding carboxylic acids is 3. The van der Waals surface area contributed by atoms with E-state index in [0.29, 0.717) is 21.8 Å². The van der Waals surface area contributed by atoms with Gasteiger partial charge in [0, 0.05) is 31.0 Å². The fourth-order valence-electron chi connectivity index (χ4n) is 4.93. The lowest BCUT2D eigenvalue weighted by Crippen LogP contribution is -2.34. The van der Waals surface area contributed by atoms with E-state index in [9.17, 15) is 14.4 Å². The minimum Gasteiger partial charge on any atom is -0.321 e. The SMILES string of the molecule is CC(Sc1cccc(NC(=O)/C(=C/c2cccc(Cl)c2)NC(=O)c2ccccc2)c1)C(=O)N1c2ccccc2Sc2ccccc21. The van der Waals surface area contributed by atoms with E-state index in [-0.39, 0.29) is 11.6 Å². The topological polar surface area (TPSA) is 78.5 Å². The van der Waals surface area contributed by atoms with Crippen LogP contribution in [-0.2, 0) is 9.59 Å². The Morgan fingerprint density at radius 1 is 0.783 bits per heavy atom. The van der Waals surface area contributed by atoms with Crippen molar-refractivity contribution in [1.82, 2.24) is 5.32 Å². The van der Waals surface area contributed by atoms with Gasteiger partial charge < -0.3 is 10.6 Å². The van der Waals surface area contributed by atoms with Gasteiger partial charge in [0.25, 0.3) is 11.8 Å². The Balaban J connectivity index is 1.21. The highest BCUT2D eigenvalue weighted by molar-refractivity contribution is 8.00. The third-order valence-electron chi connectivity index (χ3n) is 7.09. The van der Waals surface area contributed by atoms with Gasteiger partial charge in [-0.05, 0) is 85.3 Å². The Morgan fingerprint density at radius 3 is 2.13 bits per heavy atom. The molecule has 9 heteroatoms. The third kappa shape index (κ3) is 7.21. The molecule has 1 unspecified atom stereocenters. The number of thioether (sulfide) groups is 1. The molecule has 0 saturated carbocycles. The van der Waals surface area contributed by atoms with Crippen LogP contribution in [0.2, 0.25) is 5.02 Å².